The number of halogens is 3. The van der Waals surface area contributed by atoms with Gasteiger partial charge in [-0.1, -0.05) is 12.1 Å². The predicted molar refractivity (Wildman–Crippen MR) is 119 cm³/mol. The summed E-state index contributed by atoms with van der Waals surface area (Å²) in [6.07, 6.45) is 0.376. The second-order valence-electron chi connectivity index (χ2n) is 7.08. The number of ether oxygens (including phenoxy) is 1. The maximum absolute atomic E-state index is 14.0. The van der Waals surface area contributed by atoms with E-state index in [0.717, 1.165) is 17.7 Å². The highest BCUT2D eigenvalue weighted by molar-refractivity contribution is 9.10. The van der Waals surface area contributed by atoms with Crippen molar-refractivity contribution in [2.45, 2.75) is 20.0 Å². The summed E-state index contributed by atoms with van der Waals surface area (Å²) in [6, 6.07) is 10.1. The van der Waals surface area contributed by atoms with Crippen LogP contribution in [-0.2, 0) is 13.0 Å². The van der Waals surface area contributed by atoms with Gasteiger partial charge < -0.3 is 20.1 Å². The Balaban J connectivity index is 1.85. The van der Waals surface area contributed by atoms with Crippen molar-refractivity contribution in [3.8, 4) is 5.75 Å². The zero-order valence-corrected chi connectivity index (χ0v) is 18.8. The smallest absolute Gasteiger partial charge is 0.266 e. The number of pyridine rings is 1. The first-order valence-corrected chi connectivity index (χ1v) is 10.6. The van der Waals surface area contributed by atoms with Crippen molar-refractivity contribution >= 4 is 21.8 Å². The number of carbonyl (C=O) groups is 1. The molecule has 0 fully saturated rings. The number of aliphatic hydroxyl groups excluding tert-OH is 1. The SMILES string of the molecule is Cc1[nH]c(=O)c(Br)c(OCc2ccc(F)cc2F)c1Cc1ccc(C(=O)NCCO)cc1. The zero-order valence-electron chi connectivity index (χ0n) is 17.2. The van der Waals surface area contributed by atoms with Crippen LogP contribution in [0.15, 0.2) is 51.7 Å². The molecule has 3 aromatic rings. The fraction of sp³-hybridized carbons (Fsp3) is 0.217. The van der Waals surface area contributed by atoms with Gasteiger partial charge in [-0.25, -0.2) is 8.78 Å². The van der Waals surface area contributed by atoms with E-state index in [1.807, 2.05) is 0 Å². The molecule has 1 heterocycles. The summed E-state index contributed by atoms with van der Waals surface area (Å²) >= 11 is 3.24. The van der Waals surface area contributed by atoms with E-state index in [1.54, 1.807) is 31.2 Å². The number of aromatic amines is 1. The molecule has 0 aliphatic heterocycles. The Bertz CT molecular complexity index is 1180. The van der Waals surface area contributed by atoms with Crippen LogP contribution >= 0.6 is 15.9 Å². The second-order valence-corrected chi connectivity index (χ2v) is 7.87. The van der Waals surface area contributed by atoms with Gasteiger partial charge in [0.2, 0.25) is 0 Å². The molecule has 1 aromatic heterocycles. The van der Waals surface area contributed by atoms with Crippen LogP contribution in [0.3, 0.4) is 0 Å². The molecule has 9 heteroatoms. The third-order valence-electron chi connectivity index (χ3n) is 4.81. The van der Waals surface area contributed by atoms with Crippen LogP contribution in [0, 0.1) is 18.6 Å². The number of aryl methyl sites for hydroxylation is 1. The van der Waals surface area contributed by atoms with Crippen molar-refractivity contribution < 1.29 is 23.4 Å². The van der Waals surface area contributed by atoms with Gasteiger partial charge in [0, 0.05) is 41.4 Å². The van der Waals surface area contributed by atoms with E-state index in [-0.39, 0.29) is 41.5 Å². The molecule has 0 spiro atoms. The molecule has 0 radical (unpaired) electrons. The topological polar surface area (TPSA) is 91.4 Å². The number of carbonyl (C=O) groups excluding carboxylic acids is 1. The van der Waals surface area contributed by atoms with Gasteiger partial charge in [0.1, 0.15) is 28.5 Å². The zero-order chi connectivity index (χ0) is 23.3. The van der Waals surface area contributed by atoms with Gasteiger partial charge in [0.25, 0.3) is 11.5 Å². The van der Waals surface area contributed by atoms with E-state index in [9.17, 15) is 18.4 Å². The average molecular weight is 507 g/mol. The van der Waals surface area contributed by atoms with E-state index in [0.29, 0.717) is 23.2 Å². The maximum Gasteiger partial charge on any atom is 0.266 e. The minimum absolute atomic E-state index is 0.144. The fourth-order valence-electron chi connectivity index (χ4n) is 3.11. The summed E-state index contributed by atoms with van der Waals surface area (Å²) in [7, 11) is 0. The quantitative estimate of drug-likeness (QED) is 0.435. The molecule has 3 N–H and O–H groups in total. The summed E-state index contributed by atoms with van der Waals surface area (Å²) in [5.74, 6) is -1.45. The number of benzene rings is 2. The van der Waals surface area contributed by atoms with Gasteiger partial charge in [-0.2, -0.15) is 0 Å². The lowest BCUT2D eigenvalue weighted by Crippen LogP contribution is -2.26. The third kappa shape index (κ3) is 5.60. The highest BCUT2D eigenvalue weighted by Gasteiger charge is 2.17. The molecular formula is C23H21BrF2N2O4. The van der Waals surface area contributed by atoms with Crippen LogP contribution in [0.25, 0.3) is 0 Å². The van der Waals surface area contributed by atoms with Crippen LogP contribution in [0.4, 0.5) is 8.78 Å². The highest BCUT2D eigenvalue weighted by Crippen LogP contribution is 2.31. The lowest BCUT2D eigenvalue weighted by Gasteiger charge is -2.16. The number of hydrogen-bond acceptors (Lipinski definition) is 4. The summed E-state index contributed by atoms with van der Waals surface area (Å²) < 4.78 is 33.1. The Hall–Kier alpha value is -3.04. The molecule has 0 bridgehead atoms. The molecule has 3 rings (SSSR count). The van der Waals surface area contributed by atoms with Gasteiger partial charge in [-0.15, -0.1) is 0 Å². The minimum atomic E-state index is -0.737. The van der Waals surface area contributed by atoms with E-state index in [4.69, 9.17) is 9.84 Å². The fourth-order valence-corrected chi connectivity index (χ4v) is 3.56. The summed E-state index contributed by atoms with van der Waals surface area (Å²) in [5, 5.41) is 11.4. The molecule has 0 unspecified atom stereocenters. The Labute approximate surface area is 191 Å². The minimum Gasteiger partial charge on any atom is -0.487 e. The van der Waals surface area contributed by atoms with Crippen molar-refractivity contribution in [1.29, 1.82) is 0 Å². The molecule has 0 aliphatic rings. The first-order chi connectivity index (χ1) is 15.3. The first kappa shape index (κ1) is 23.6. The average Bonchev–Trinajstić information content (AvgIpc) is 2.77. The van der Waals surface area contributed by atoms with Crippen LogP contribution in [0.5, 0.6) is 5.75 Å². The van der Waals surface area contributed by atoms with E-state index in [1.165, 1.54) is 6.07 Å². The number of aliphatic hydroxyl groups is 1. The predicted octanol–water partition coefficient (Wildman–Crippen LogP) is 3.62. The van der Waals surface area contributed by atoms with E-state index in [2.05, 4.69) is 26.2 Å². The Morgan fingerprint density at radius 3 is 2.56 bits per heavy atom. The van der Waals surface area contributed by atoms with Gasteiger partial charge in [0.15, 0.2) is 0 Å². The van der Waals surface area contributed by atoms with Gasteiger partial charge in [-0.05, 0) is 52.7 Å². The van der Waals surface area contributed by atoms with Crippen LogP contribution in [0.2, 0.25) is 0 Å². The standard InChI is InChI=1S/C23H21BrF2N2O4/c1-13-18(10-14-2-4-15(5-3-14)22(30)27-8-9-29)21(20(24)23(31)28-13)32-12-16-6-7-17(25)11-19(16)26/h2-7,11,29H,8-10,12H2,1H3,(H,27,30)(H,28,31). The van der Waals surface area contributed by atoms with Crippen molar-refractivity contribution in [3.05, 3.63) is 96.9 Å². The van der Waals surface area contributed by atoms with Crippen molar-refractivity contribution in [3.63, 3.8) is 0 Å². The molecule has 0 saturated heterocycles. The molecule has 168 valence electrons. The molecule has 0 saturated carbocycles. The van der Waals surface area contributed by atoms with Gasteiger partial charge in [0.05, 0.1) is 6.61 Å². The van der Waals surface area contributed by atoms with Gasteiger partial charge in [-0.3, -0.25) is 9.59 Å². The number of H-pyrrole nitrogens is 1. The number of hydrogen-bond donors (Lipinski definition) is 3. The number of nitrogens with one attached hydrogen (secondary N) is 2. The molecule has 6 nitrogen and oxygen atoms in total. The number of rotatable bonds is 8. The first-order valence-electron chi connectivity index (χ1n) is 9.76. The van der Waals surface area contributed by atoms with Crippen molar-refractivity contribution in [1.82, 2.24) is 10.3 Å². The molecule has 0 aliphatic carbocycles. The molecule has 2 aromatic carbocycles. The summed E-state index contributed by atoms with van der Waals surface area (Å²) in [6.45, 7) is 1.56. The number of amides is 1. The molecule has 32 heavy (non-hydrogen) atoms. The molecular weight excluding hydrogens is 486 g/mol. The van der Waals surface area contributed by atoms with Crippen molar-refractivity contribution in [2.75, 3.05) is 13.2 Å². The maximum atomic E-state index is 14.0. The Morgan fingerprint density at radius 1 is 1.19 bits per heavy atom. The highest BCUT2D eigenvalue weighted by atomic mass is 79.9. The second kappa shape index (κ2) is 10.5. The van der Waals surface area contributed by atoms with Crippen molar-refractivity contribution in [2.24, 2.45) is 0 Å². The van der Waals surface area contributed by atoms with E-state index >= 15 is 0 Å². The van der Waals surface area contributed by atoms with Crippen LogP contribution < -0.4 is 15.6 Å². The van der Waals surface area contributed by atoms with E-state index < -0.39 is 17.2 Å². The largest absolute Gasteiger partial charge is 0.487 e. The Morgan fingerprint density at radius 2 is 1.91 bits per heavy atom. The summed E-state index contributed by atoms with van der Waals surface area (Å²) in [5.41, 5.74) is 2.32. The lowest BCUT2D eigenvalue weighted by atomic mass is 10.0. The van der Waals surface area contributed by atoms with Gasteiger partial charge >= 0.3 is 0 Å². The normalized spacial score (nSPS) is 10.8. The van der Waals surface area contributed by atoms with Crippen LogP contribution in [0.1, 0.15) is 32.7 Å². The molecule has 0 atom stereocenters. The van der Waals surface area contributed by atoms with Crippen LogP contribution in [-0.4, -0.2) is 29.1 Å². The summed E-state index contributed by atoms with van der Waals surface area (Å²) in [4.78, 5) is 27.0. The molecule has 1 amide bonds. The Kier molecular flexibility index (Phi) is 7.76. The number of aromatic nitrogens is 1. The third-order valence-corrected chi connectivity index (χ3v) is 5.53. The monoisotopic (exact) mass is 506 g/mol. The lowest BCUT2D eigenvalue weighted by molar-refractivity contribution is 0.0944.